The Balaban J connectivity index is 2.70. The minimum atomic E-state index is -0.256. The Kier molecular flexibility index (Phi) is 5.62. The molecule has 0 spiro atoms. The predicted molar refractivity (Wildman–Crippen MR) is 71.9 cm³/mol. The van der Waals surface area contributed by atoms with E-state index in [4.69, 9.17) is 5.73 Å². The van der Waals surface area contributed by atoms with Crippen molar-refractivity contribution in [2.75, 3.05) is 20.1 Å². The maximum atomic E-state index is 9.31. The zero-order chi connectivity index (χ0) is 12.8. The van der Waals surface area contributed by atoms with Crippen molar-refractivity contribution in [1.29, 1.82) is 0 Å². The number of nitrogens with zero attached hydrogens (tertiary/aromatic N) is 1. The first-order valence-electron chi connectivity index (χ1n) is 6.19. The van der Waals surface area contributed by atoms with E-state index in [0.29, 0.717) is 6.54 Å². The molecule has 96 valence electrons. The Morgan fingerprint density at radius 3 is 2.65 bits per heavy atom. The van der Waals surface area contributed by atoms with Gasteiger partial charge < -0.3 is 10.8 Å². The Hall–Kier alpha value is -0.900. The highest BCUT2D eigenvalue weighted by Gasteiger charge is 2.15. The van der Waals surface area contributed by atoms with Crippen LogP contribution in [0.15, 0.2) is 24.3 Å². The van der Waals surface area contributed by atoms with Crippen molar-refractivity contribution in [1.82, 2.24) is 4.90 Å². The summed E-state index contributed by atoms with van der Waals surface area (Å²) in [5.41, 5.74) is 8.36. The number of benzene rings is 1. The number of likely N-dealkylation sites (N-methyl/N-ethyl adjacent to an activating group) is 1. The van der Waals surface area contributed by atoms with Gasteiger partial charge in [-0.3, -0.25) is 4.90 Å². The van der Waals surface area contributed by atoms with Gasteiger partial charge in [0.25, 0.3) is 0 Å². The van der Waals surface area contributed by atoms with Crippen molar-refractivity contribution in [2.24, 2.45) is 5.73 Å². The number of hydrogen-bond donors (Lipinski definition) is 2. The van der Waals surface area contributed by atoms with Crippen LogP contribution in [-0.2, 0) is 0 Å². The first kappa shape index (κ1) is 14.2. The van der Waals surface area contributed by atoms with E-state index in [0.717, 1.165) is 13.0 Å². The second-order valence-electron chi connectivity index (χ2n) is 4.78. The Morgan fingerprint density at radius 1 is 1.41 bits per heavy atom. The van der Waals surface area contributed by atoms with Crippen molar-refractivity contribution < 1.29 is 5.11 Å². The fourth-order valence-corrected chi connectivity index (χ4v) is 1.99. The topological polar surface area (TPSA) is 49.5 Å². The molecule has 0 aromatic heterocycles. The van der Waals surface area contributed by atoms with Crippen LogP contribution < -0.4 is 5.73 Å². The fourth-order valence-electron chi connectivity index (χ4n) is 1.99. The molecule has 0 amide bonds. The number of aliphatic hydroxyl groups is 1. The van der Waals surface area contributed by atoms with E-state index >= 15 is 0 Å². The fraction of sp³-hybridized carbons (Fsp3) is 0.571. The molecule has 0 fully saturated rings. The van der Waals surface area contributed by atoms with Crippen LogP contribution in [0.2, 0.25) is 0 Å². The third-order valence-corrected chi connectivity index (χ3v) is 3.08. The third-order valence-electron chi connectivity index (χ3n) is 3.08. The number of aryl methyl sites for hydroxylation is 1. The van der Waals surface area contributed by atoms with Gasteiger partial charge in [-0.15, -0.1) is 0 Å². The summed E-state index contributed by atoms with van der Waals surface area (Å²) in [6.07, 6.45) is 0.520. The Bertz CT molecular complexity index is 339. The largest absolute Gasteiger partial charge is 0.393 e. The number of hydrogen-bond acceptors (Lipinski definition) is 3. The lowest BCUT2D eigenvalue weighted by molar-refractivity contribution is 0.150. The van der Waals surface area contributed by atoms with E-state index in [2.05, 4.69) is 43.1 Å². The molecule has 0 saturated carbocycles. The van der Waals surface area contributed by atoms with Gasteiger partial charge in [-0.25, -0.2) is 0 Å². The molecule has 2 atom stereocenters. The predicted octanol–water partition coefficient (Wildman–Crippen LogP) is 1.70. The Morgan fingerprint density at radius 2 is 2.12 bits per heavy atom. The standard InChI is InChI=1S/C14H24N2O/c1-11-5-4-6-13(9-11)14(10-15)16(3)8-7-12(2)17/h4-6,9,12,14,17H,7-8,10,15H2,1-3H3. The monoisotopic (exact) mass is 236 g/mol. The lowest BCUT2D eigenvalue weighted by Crippen LogP contribution is -2.32. The molecule has 0 radical (unpaired) electrons. The van der Waals surface area contributed by atoms with Crippen LogP contribution in [-0.4, -0.2) is 36.2 Å². The molecule has 0 aliphatic rings. The van der Waals surface area contributed by atoms with E-state index < -0.39 is 0 Å². The number of rotatable bonds is 6. The van der Waals surface area contributed by atoms with Gasteiger partial charge in [0.05, 0.1) is 6.10 Å². The smallest absolute Gasteiger partial charge is 0.0524 e. The molecule has 3 N–H and O–H groups in total. The molecule has 3 heteroatoms. The van der Waals surface area contributed by atoms with Crippen LogP contribution in [0.3, 0.4) is 0 Å². The van der Waals surface area contributed by atoms with Gasteiger partial charge in [0.2, 0.25) is 0 Å². The quantitative estimate of drug-likeness (QED) is 0.790. The molecule has 0 heterocycles. The van der Waals surface area contributed by atoms with Crippen LogP contribution >= 0.6 is 0 Å². The molecule has 2 unspecified atom stereocenters. The first-order valence-corrected chi connectivity index (χ1v) is 6.19. The van der Waals surface area contributed by atoms with Gasteiger partial charge in [0.15, 0.2) is 0 Å². The third kappa shape index (κ3) is 4.46. The van der Waals surface area contributed by atoms with Gasteiger partial charge in [0, 0.05) is 19.1 Å². The highest BCUT2D eigenvalue weighted by molar-refractivity contribution is 5.25. The first-order chi connectivity index (χ1) is 8.04. The van der Waals surface area contributed by atoms with E-state index in [1.165, 1.54) is 11.1 Å². The zero-order valence-electron chi connectivity index (χ0n) is 11.1. The van der Waals surface area contributed by atoms with Gasteiger partial charge in [-0.05, 0) is 32.9 Å². The van der Waals surface area contributed by atoms with Crippen molar-refractivity contribution >= 4 is 0 Å². The zero-order valence-corrected chi connectivity index (χ0v) is 11.1. The van der Waals surface area contributed by atoms with E-state index in [9.17, 15) is 5.11 Å². The summed E-state index contributed by atoms with van der Waals surface area (Å²) in [7, 11) is 2.06. The van der Waals surface area contributed by atoms with Crippen LogP contribution in [0.5, 0.6) is 0 Å². The maximum absolute atomic E-state index is 9.31. The summed E-state index contributed by atoms with van der Waals surface area (Å²) in [6.45, 7) is 5.36. The minimum absolute atomic E-state index is 0.230. The number of aliphatic hydroxyl groups excluding tert-OH is 1. The van der Waals surface area contributed by atoms with Crippen molar-refractivity contribution in [3.8, 4) is 0 Å². The average molecular weight is 236 g/mol. The van der Waals surface area contributed by atoms with Gasteiger partial charge in [-0.2, -0.15) is 0 Å². The molecule has 0 aliphatic carbocycles. The van der Waals surface area contributed by atoms with Crippen LogP contribution in [0, 0.1) is 6.92 Å². The molecular formula is C14H24N2O. The second kappa shape index (κ2) is 6.74. The number of nitrogens with two attached hydrogens (primary N) is 1. The van der Waals surface area contributed by atoms with Gasteiger partial charge >= 0.3 is 0 Å². The van der Waals surface area contributed by atoms with Crippen molar-refractivity contribution in [2.45, 2.75) is 32.4 Å². The summed E-state index contributed by atoms with van der Waals surface area (Å²) in [4.78, 5) is 2.21. The summed E-state index contributed by atoms with van der Waals surface area (Å²) in [5, 5.41) is 9.31. The van der Waals surface area contributed by atoms with Crippen molar-refractivity contribution in [3.63, 3.8) is 0 Å². The SMILES string of the molecule is Cc1cccc(C(CN)N(C)CCC(C)O)c1. The van der Waals surface area contributed by atoms with Crippen molar-refractivity contribution in [3.05, 3.63) is 35.4 Å². The minimum Gasteiger partial charge on any atom is -0.393 e. The van der Waals surface area contributed by atoms with Crippen LogP contribution in [0.25, 0.3) is 0 Å². The summed E-state index contributed by atoms with van der Waals surface area (Å²) in [5.74, 6) is 0. The van der Waals surface area contributed by atoms with Gasteiger partial charge in [0.1, 0.15) is 0 Å². The van der Waals surface area contributed by atoms with E-state index in [-0.39, 0.29) is 12.1 Å². The molecule has 0 aliphatic heterocycles. The molecular weight excluding hydrogens is 212 g/mol. The highest BCUT2D eigenvalue weighted by Crippen LogP contribution is 2.19. The summed E-state index contributed by atoms with van der Waals surface area (Å²) < 4.78 is 0. The van der Waals surface area contributed by atoms with Crippen LogP contribution in [0.4, 0.5) is 0 Å². The summed E-state index contributed by atoms with van der Waals surface area (Å²) in [6, 6.07) is 8.68. The molecule has 17 heavy (non-hydrogen) atoms. The van der Waals surface area contributed by atoms with E-state index in [1.54, 1.807) is 0 Å². The lowest BCUT2D eigenvalue weighted by atomic mass is 10.0. The highest BCUT2D eigenvalue weighted by atomic mass is 16.3. The molecule has 3 nitrogen and oxygen atoms in total. The normalized spacial score (nSPS) is 14.9. The Labute approximate surface area is 104 Å². The molecule has 0 bridgehead atoms. The average Bonchev–Trinajstić information content (AvgIpc) is 2.27. The van der Waals surface area contributed by atoms with Crippen LogP contribution in [0.1, 0.15) is 30.5 Å². The molecule has 0 saturated heterocycles. The van der Waals surface area contributed by atoms with E-state index in [1.807, 2.05) is 6.92 Å². The molecule has 1 rings (SSSR count). The maximum Gasteiger partial charge on any atom is 0.0524 e. The van der Waals surface area contributed by atoms with Gasteiger partial charge in [-0.1, -0.05) is 29.8 Å². The molecule has 1 aromatic carbocycles. The molecule has 1 aromatic rings. The second-order valence-corrected chi connectivity index (χ2v) is 4.78. The summed E-state index contributed by atoms with van der Waals surface area (Å²) >= 11 is 0. The lowest BCUT2D eigenvalue weighted by Gasteiger charge is -2.28.